The minimum atomic E-state index is -0.621. The van der Waals surface area contributed by atoms with E-state index in [9.17, 15) is 19.7 Å². The Morgan fingerprint density at radius 2 is 1.80 bits per heavy atom. The monoisotopic (exact) mass is 539 g/mol. The number of nitro benzene ring substituents is 1. The highest BCUT2D eigenvalue weighted by Crippen LogP contribution is 2.48. The lowest BCUT2D eigenvalue weighted by Crippen LogP contribution is -2.38. The van der Waals surface area contributed by atoms with Crippen molar-refractivity contribution in [2.45, 2.75) is 57.4 Å². The number of benzene rings is 3. The van der Waals surface area contributed by atoms with Crippen LogP contribution in [-0.4, -0.2) is 23.7 Å². The van der Waals surface area contributed by atoms with Crippen molar-refractivity contribution in [3.05, 3.63) is 105 Å². The van der Waals surface area contributed by atoms with E-state index in [-0.39, 0.29) is 29.7 Å². The SMILES string of the molecule is CCCCCC(=O)N1c2ccccc2NC2=C(C(=O)C[C@@H](c3cccc([N+](=O)[O-])c3)C2)[C@@H]1c1ccc(OC)cc1. The number of ether oxygens (including phenoxy) is 1. The molecule has 8 nitrogen and oxygen atoms in total. The van der Waals surface area contributed by atoms with Crippen LogP contribution in [0.2, 0.25) is 0 Å². The molecule has 3 aromatic rings. The number of carbonyl (C=O) groups is 2. The molecular weight excluding hydrogens is 506 g/mol. The zero-order valence-electron chi connectivity index (χ0n) is 22.8. The molecule has 5 rings (SSSR count). The van der Waals surface area contributed by atoms with E-state index >= 15 is 0 Å². The summed E-state index contributed by atoms with van der Waals surface area (Å²) in [6.07, 6.45) is 3.78. The van der Waals surface area contributed by atoms with Gasteiger partial charge >= 0.3 is 0 Å². The molecule has 1 amide bonds. The fourth-order valence-electron chi connectivity index (χ4n) is 5.74. The van der Waals surface area contributed by atoms with E-state index in [0.29, 0.717) is 24.2 Å². The largest absolute Gasteiger partial charge is 0.497 e. The molecule has 0 saturated heterocycles. The van der Waals surface area contributed by atoms with Gasteiger partial charge in [-0.3, -0.25) is 24.6 Å². The number of methoxy groups -OCH3 is 1. The summed E-state index contributed by atoms with van der Waals surface area (Å²) in [6, 6.07) is 21.0. The molecule has 206 valence electrons. The van der Waals surface area contributed by atoms with E-state index < -0.39 is 11.0 Å². The molecule has 1 N–H and O–H groups in total. The van der Waals surface area contributed by atoms with Gasteiger partial charge in [0.25, 0.3) is 5.69 Å². The smallest absolute Gasteiger partial charge is 0.269 e. The summed E-state index contributed by atoms with van der Waals surface area (Å²) >= 11 is 0. The summed E-state index contributed by atoms with van der Waals surface area (Å²) in [7, 11) is 1.60. The number of fused-ring (bicyclic) bond motifs is 1. The Morgan fingerprint density at radius 1 is 1.02 bits per heavy atom. The van der Waals surface area contributed by atoms with Gasteiger partial charge in [0.05, 0.1) is 29.4 Å². The number of rotatable bonds is 8. The number of allylic oxidation sites excluding steroid dienone is 1. The molecule has 0 unspecified atom stereocenters. The molecule has 2 atom stereocenters. The summed E-state index contributed by atoms with van der Waals surface area (Å²) in [5.41, 5.74) is 4.35. The number of nitro groups is 1. The molecule has 1 aliphatic carbocycles. The number of unbranched alkanes of at least 4 members (excludes halogenated alkanes) is 2. The van der Waals surface area contributed by atoms with Crippen molar-refractivity contribution in [1.82, 2.24) is 0 Å². The molecule has 0 radical (unpaired) electrons. The van der Waals surface area contributed by atoms with E-state index in [2.05, 4.69) is 12.2 Å². The zero-order chi connectivity index (χ0) is 28.2. The van der Waals surface area contributed by atoms with Gasteiger partial charge in [0.1, 0.15) is 5.75 Å². The lowest BCUT2D eigenvalue weighted by Gasteiger charge is -2.35. The van der Waals surface area contributed by atoms with Crippen molar-refractivity contribution in [2.24, 2.45) is 0 Å². The molecule has 0 fully saturated rings. The highest BCUT2D eigenvalue weighted by atomic mass is 16.6. The van der Waals surface area contributed by atoms with Gasteiger partial charge in [0, 0.05) is 36.2 Å². The molecule has 2 aliphatic rings. The van der Waals surface area contributed by atoms with Gasteiger partial charge in [0.2, 0.25) is 5.91 Å². The number of nitrogens with one attached hydrogen (secondary N) is 1. The normalized spacial score (nSPS) is 18.4. The van der Waals surface area contributed by atoms with Crippen LogP contribution >= 0.6 is 0 Å². The Labute approximate surface area is 233 Å². The van der Waals surface area contributed by atoms with E-state index in [1.54, 1.807) is 24.1 Å². The van der Waals surface area contributed by atoms with E-state index in [4.69, 9.17) is 4.74 Å². The van der Waals surface area contributed by atoms with E-state index in [1.807, 2.05) is 54.6 Å². The maximum absolute atomic E-state index is 14.1. The Hall–Kier alpha value is -4.46. The van der Waals surface area contributed by atoms with Gasteiger partial charge < -0.3 is 10.1 Å². The van der Waals surface area contributed by atoms with Crippen molar-refractivity contribution < 1.29 is 19.2 Å². The number of non-ortho nitro benzene ring substituents is 1. The van der Waals surface area contributed by atoms with Gasteiger partial charge in [-0.25, -0.2) is 0 Å². The molecule has 1 heterocycles. The van der Waals surface area contributed by atoms with Crippen LogP contribution in [0.25, 0.3) is 0 Å². The first-order valence-electron chi connectivity index (χ1n) is 13.7. The van der Waals surface area contributed by atoms with Gasteiger partial charge in [-0.05, 0) is 54.2 Å². The molecule has 3 aromatic carbocycles. The third-order valence-electron chi connectivity index (χ3n) is 7.74. The van der Waals surface area contributed by atoms with Crippen molar-refractivity contribution in [1.29, 1.82) is 0 Å². The molecule has 0 saturated carbocycles. The first-order chi connectivity index (χ1) is 19.4. The Kier molecular flexibility index (Phi) is 7.96. The maximum atomic E-state index is 14.1. The average molecular weight is 540 g/mol. The second-order valence-electron chi connectivity index (χ2n) is 10.3. The predicted molar refractivity (Wildman–Crippen MR) is 155 cm³/mol. The van der Waals surface area contributed by atoms with Gasteiger partial charge in [0.15, 0.2) is 5.78 Å². The number of anilines is 2. The summed E-state index contributed by atoms with van der Waals surface area (Å²) in [6.45, 7) is 2.10. The minimum Gasteiger partial charge on any atom is -0.497 e. The second-order valence-corrected chi connectivity index (χ2v) is 10.3. The fraction of sp³-hybridized carbons (Fsp3) is 0.312. The van der Waals surface area contributed by atoms with E-state index in [0.717, 1.165) is 47.5 Å². The molecular formula is C32H33N3O5. The van der Waals surface area contributed by atoms with Crippen LogP contribution in [-0.2, 0) is 9.59 Å². The van der Waals surface area contributed by atoms with Gasteiger partial charge in [-0.2, -0.15) is 0 Å². The van der Waals surface area contributed by atoms with Crippen LogP contribution in [0.1, 0.15) is 68.5 Å². The van der Waals surface area contributed by atoms with Crippen molar-refractivity contribution in [3.8, 4) is 5.75 Å². The lowest BCUT2D eigenvalue weighted by molar-refractivity contribution is -0.384. The molecule has 0 bridgehead atoms. The molecule has 40 heavy (non-hydrogen) atoms. The zero-order valence-corrected chi connectivity index (χ0v) is 22.8. The van der Waals surface area contributed by atoms with Crippen LogP contribution in [0, 0.1) is 10.1 Å². The number of amides is 1. The van der Waals surface area contributed by atoms with Crippen molar-refractivity contribution >= 4 is 28.8 Å². The summed E-state index contributed by atoms with van der Waals surface area (Å²) in [5.74, 6) is 0.344. The second kappa shape index (κ2) is 11.7. The number of para-hydroxylation sites is 2. The molecule has 0 aromatic heterocycles. The number of hydrogen-bond acceptors (Lipinski definition) is 6. The van der Waals surface area contributed by atoms with Crippen LogP contribution in [0.4, 0.5) is 17.1 Å². The molecule has 1 aliphatic heterocycles. The fourth-order valence-corrected chi connectivity index (χ4v) is 5.74. The van der Waals surface area contributed by atoms with Crippen LogP contribution in [0.5, 0.6) is 5.75 Å². The minimum absolute atomic E-state index is 0.00357. The topological polar surface area (TPSA) is 102 Å². The number of ketones is 1. The average Bonchev–Trinajstić information content (AvgIpc) is 3.12. The Bertz CT molecular complexity index is 1460. The number of nitrogens with zero attached hydrogens (tertiary/aromatic N) is 2. The number of hydrogen-bond donors (Lipinski definition) is 1. The van der Waals surface area contributed by atoms with E-state index in [1.165, 1.54) is 6.07 Å². The van der Waals surface area contributed by atoms with Crippen molar-refractivity contribution in [2.75, 3.05) is 17.3 Å². The van der Waals surface area contributed by atoms with Gasteiger partial charge in [-0.1, -0.05) is 56.2 Å². The third-order valence-corrected chi connectivity index (χ3v) is 7.74. The first kappa shape index (κ1) is 27.1. The predicted octanol–water partition coefficient (Wildman–Crippen LogP) is 7.08. The Balaban J connectivity index is 1.65. The number of carbonyl (C=O) groups excluding carboxylic acids is 2. The van der Waals surface area contributed by atoms with Gasteiger partial charge in [-0.15, -0.1) is 0 Å². The maximum Gasteiger partial charge on any atom is 0.269 e. The summed E-state index contributed by atoms with van der Waals surface area (Å²) in [4.78, 5) is 40.8. The highest BCUT2D eigenvalue weighted by Gasteiger charge is 2.41. The molecule has 8 heteroatoms. The van der Waals surface area contributed by atoms with Crippen LogP contribution in [0.3, 0.4) is 0 Å². The third kappa shape index (κ3) is 5.34. The Morgan fingerprint density at radius 3 is 2.52 bits per heavy atom. The summed E-state index contributed by atoms with van der Waals surface area (Å²) < 4.78 is 5.37. The lowest BCUT2D eigenvalue weighted by atomic mass is 9.78. The van der Waals surface area contributed by atoms with Crippen LogP contribution in [0.15, 0.2) is 84.1 Å². The highest BCUT2D eigenvalue weighted by molar-refractivity contribution is 6.06. The first-order valence-corrected chi connectivity index (χ1v) is 13.7. The quantitative estimate of drug-likeness (QED) is 0.186. The van der Waals surface area contributed by atoms with Crippen LogP contribution < -0.4 is 15.0 Å². The summed E-state index contributed by atoms with van der Waals surface area (Å²) in [5, 5.41) is 14.9. The number of Topliss-reactive ketones (excluding diaryl/α,β-unsaturated/α-hetero) is 1. The van der Waals surface area contributed by atoms with Crippen molar-refractivity contribution in [3.63, 3.8) is 0 Å². The standard InChI is InChI=1S/C32H33N3O5/c1-3-4-5-13-30(37)34-28-12-7-6-11-26(28)33-27-19-23(22-9-8-10-24(18-22)35(38)39)20-29(36)31(27)32(34)21-14-16-25(40-2)17-15-21/h6-12,14-18,23,32-33H,3-5,13,19-20H2,1-2H3/t23-,32-/m0/s1. The molecule has 0 spiro atoms.